The molecule has 0 aromatic heterocycles. The monoisotopic (exact) mass is 228 g/mol. The van der Waals surface area contributed by atoms with Crippen molar-refractivity contribution in [1.29, 1.82) is 0 Å². The number of benzene rings is 1. The molecular formula is C8H9ClN4O2. The van der Waals surface area contributed by atoms with Crippen LogP contribution in [0.25, 0.3) is 0 Å². The van der Waals surface area contributed by atoms with Crippen LogP contribution in [0, 0.1) is 4.91 Å². The summed E-state index contributed by atoms with van der Waals surface area (Å²) in [6.07, 6.45) is 0. The van der Waals surface area contributed by atoms with Crippen molar-refractivity contribution in [3.63, 3.8) is 0 Å². The second-order valence-corrected chi connectivity index (χ2v) is 3.18. The number of nitrogens with one attached hydrogen (secondary N) is 1. The van der Waals surface area contributed by atoms with Gasteiger partial charge in [0.1, 0.15) is 0 Å². The van der Waals surface area contributed by atoms with Gasteiger partial charge in [-0.1, -0.05) is 23.7 Å². The fraction of sp³-hybridized carbons (Fsp3) is 0.125. The Morgan fingerprint density at radius 1 is 1.60 bits per heavy atom. The molecule has 0 radical (unpaired) electrons. The first-order valence-corrected chi connectivity index (χ1v) is 4.41. The maximum Gasteiger partial charge on any atom is 0.332 e. The number of nitrogens with zero attached hydrogens (tertiary/aromatic N) is 2. The number of nitrogens with two attached hydrogens (primary N) is 1. The quantitative estimate of drug-likeness (QED) is 0.603. The van der Waals surface area contributed by atoms with Crippen LogP contribution in [0.3, 0.4) is 0 Å². The topological polar surface area (TPSA) is 87.8 Å². The first-order chi connectivity index (χ1) is 7.11. The minimum absolute atomic E-state index is 0.104. The highest BCUT2D eigenvalue weighted by molar-refractivity contribution is 6.30. The van der Waals surface area contributed by atoms with Gasteiger partial charge in [-0.3, -0.25) is 0 Å². The van der Waals surface area contributed by atoms with Crippen molar-refractivity contribution in [3.05, 3.63) is 39.8 Å². The minimum Gasteiger partial charge on any atom is -0.350 e. The molecule has 80 valence electrons. The first kappa shape index (κ1) is 11.3. The lowest BCUT2D eigenvalue weighted by atomic mass is 10.2. The molecule has 0 spiro atoms. The summed E-state index contributed by atoms with van der Waals surface area (Å²) < 4.78 is 0. The number of hydrogen-bond donors (Lipinski definition) is 2. The predicted molar refractivity (Wildman–Crippen MR) is 55.5 cm³/mol. The van der Waals surface area contributed by atoms with Gasteiger partial charge in [-0.15, -0.1) is 4.91 Å². The lowest BCUT2D eigenvalue weighted by Crippen LogP contribution is -2.41. The third kappa shape index (κ3) is 3.82. The average molecular weight is 229 g/mol. The van der Waals surface area contributed by atoms with Crippen molar-refractivity contribution in [1.82, 2.24) is 10.5 Å². The van der Waals surface area contributed by atoms with Crippen LogP contribution < -0.4 is 11.2 Å². The molecule has 0 bridgehead atoms. The molecule has 0 aliphatic heterocycles. The number of urea groups is 1. The first-order valence-electron chi connectivity index (χ1n) is 4.03. The van der Waals surface area contributed by atoms with E-state index in [2.05, 4.69) is 5.29 Å². The van der Waals surface area contributed by atoms with Gasteiger partial charge in [0.2, 0.25) is 0 Å². The molecule has 1 aromatic rings. The number of nitroso groups, excluding NO2 is 1. The Kier molecular flexibility index (Phi) is 3.87. The van der Waals surface area contributed by atoms with E-state index in [9.17, 15) is 9.70 Å². The normalized spacial score (nSPS) is 9.40. The Morgan fingerprint density at radius 2 is 2.33 bits per heavy atom. The highest BCUT2D eigenvalue weighted by Gasteiger charge is 2.06. The third-order valence-corrected chi connectivity index (χ3v) is 1.79. The molecule has 0 aliphatic carbocycles. The van der Waals surface area contributed by atoms with Crippen LogP contribution in [0.15, 0.2) is 29.6 Å². The molecule has 0 atom stereocenters. The van der Waals surface area contributed by atoms with Crippen LogP contribution in [-0.4, -0.2) is 11.1 Å². The van der Waals surface area contributed by atoms with E-state index in [1.54, 1.807) is 24.3 Å². The predicted octanol–water partition coefficient (Wildman–Crippen LogP) is 1.41. The lowest BCUT2D eigenvalue weighted by Gasteiger charge is -2.14. The molecule has 7 heteroatoms. The van der Waals surface area contributed by atoms with Crippen LogP contribution in [0.1, 0.15) is 5.56 Å². The molecule has 0 unspecified atom stereocenters. The Hall–Kier alpha value is -1.82. The molecule has 15 heavy (non-hydrogen) atoms. The molecular weight excluding hydrogens is 220 g/mol. The number of halogens is 1. The highest BCUT2D eigenvalue weighted by atomic mass is 35.5. The second kappa shape index (κ2) is 5.16. The van der Waals surface area contributed by atoms with Crippen molar-refractivity contribution in [2.45, 2.75) is 6.54 Å². The van der Waals surface area contributed by atoms with Gasteiger partial charge in [0, 0.05) is 5.02 Å². The fourth-order valence-electron chi connectivity index (χ4n) is 1.02. The maximum atomic E-state index is 10.5. The Bertz CT molecular complexity index is 371. The smallest absolute Gasteiger partial charge is 0.332 e. The highest BCUT2D eigenvalue weighted by Crippen LogP contribution is 2.11. The van der Waals surface area contributed by atoms with Crippen molar-refractivity contribution in [2.24, 2.45) is 11.0 Å². The molecule has 1 aromatic carbocycles. The molecule has 0 aliphatic rings. The summed E-state index contributed by atoms with van der Waals surface area (Å²) >= 11 is 5.74. The second-order valence-electron chi connectivity index (χ2n) is 2.75. The number of hydrazine groups is 1. The number of amides is 2. The van der Waals surface area contributed by atoms with E-state index in [0.29, 0.717) is 5.02 Å². The third-order valence-electron chi connectivity index (χ3n) is 1.56. The number of rotatable bonds is 4. The minimum atomic E-state index is -0.850. The van der Waals surface area contributed by atoms with Crippen LogP contribution in [0.4, 0.5) is 4.79 Å². The van der Waals surface area contributed by atoms with Crippen LogP contribution in [0.5, 0.6) is 0 Å². The van der Waals surface area contributed by atoms with Gasteiger partial charge in [0.15, 0.2) is 0 Å². The fourth-order valence-corrected chi connectivity index (χ4v) is 1.24. The van der Waals surface area contributed by atoms with Gasteiger partial charge < -0.3 is 5.73 Å². The summed E-state index contributed by atoms with van der Waals surface area (Å²) in [5.74, 6) is 0. The Labute approximate surface area is 90.9 Å². The van der Waals surface area contributed by atoms with Crippen LogP contribution >= 0.6 is 11.6 Å². The summed E-state index contributed by atoms with van der Waals surface area (Å²) in [5.41, 5.74) is 7.62. The van der Waals surface area contributed by atoms with E-state index in [-0.39, 0.29) is 6.54 Å². The van der Waals surface area contributed by atoms with E-state index < -0.39 is 6.03 Å². The van der Waals surface area contributed by atoms with E-state index in [4.69, 9.17) is 17.3 Å². The van der Waals surface area contributed by atoms with E-state index in [1.165, 1.54) is 0 Å². The van der Waals surface area contributed by atoms with Gasteiger partial charge in [-0.2, -0.15) is 5.12 Å². The van der Waals surface area contributed by atoms with Crippen molar-refractivity contribution in [3.8, 4) is 0 Å². The van der Waals surface area contributed by atoms with E-state index >= 15 is 0 Å². The van der Waals surface area contributed by atoms with Crippen molar-refractivity contribution in [2.75, 3.05) is 0 Å². The summed E-state index contributed by atoms with van der Waals surface area (Å²) in [4.78, 5) is 20.8. The summed E-state index contributed by atoms with van der Waals surface area (Å²) in [6.45, 7) is 0.104. The molecule has 6 nitrogen and oxygen atoms in total. The maximum absolute atomic E-state index is 10.5. The summed E-state index contributed by atoms with van der Waals surface area (Å²) in [5, 5.41) is 3.91. The SMILES string of the molecule is NC(=O)NN(Cc1cccc(Cl)c1)N=O. The molecule has 0 fully saturated rings. The largest absolute Gasteiger partial charge is 0.350 e. The molecule has 1 rings (SSSR count). The molecule has 3 N–H and O–H groups in total. The van der Waals surface area contributed by atoms with Gasteiger partial charge in [0.25, 0.3) is 0 Å². The average Bonchev–Trinajstić information content (AvgIpc) is 2.16. The van der Waals surface area contributed by atoms with E-state index in [0.717, 1.165) is 10.7 Å². The Balaban J connectivity index is 2.66. The van der Waals surface area contributed by atoms with Crippen LogP contribution in [0.2, 0.25) is 5.02 Å². The number of carbonyl (C=O) groups is 1. The van der Waals surface area contributed by atoms with Crippen molar-refractivity contribution >= 4 is 17.6 Å². The molecule has 0 saturated heterocycles. The zero-order chi connectivity index (χ0) is 11.3. The molecule has 0 heterocycles. The standard InChI is InChI=1S/C8H9ClN4O2/c9-7-3-1-2-6(4-7)5-13(12-15)11-8(10)14/h1-4H,5H2,(H3,10,11,14). The van der Waals surface area contributed by atoms with Gasteiger partial charge >= 0.3 is 6.03 Å². The van der Waals surface area contributed by atoms with Gasteiger partial charge in [-0.25, -0.2) is 10.2 Å². The molecule has 2 amide bonds. The van der Waals surface area contributed by atoms with Gasteiger partial charge in [-0.05, 0) is 17.7 Å². The number of hydrogen-bond acceptors (Lipinski definition) is 3. The lowest BCUT2D eigenvalue weighted by molar-refractivity contribution is 0.180. The van der Waals surface area contributed by atoms with E-state index in [1.807, 2.05) is 5.43 Å². The number of carbonyl (C=O) groups excluding carboxylic acids is 1. The van der Waals surface area contributed by atoms with Crippen molar-refractivity contribution < 1.29 is 4.79 Å². The van der Waals surface area contributed by atoms with Crippen LogP contribution in [-0.2, 0) is 6.54 Å². The summed E-state index contributed by atoms with van der Waals surface area (Å²) in [6, 6.07) is 5.97. The zero-order valence-corrected chi connectivity index (χ0v) is 8.44. The van der Waals surface area contributed by atoms with Gasteiger partial charge in [0.05, 0.1) is 11.8 Å². The number of primary amides is 1. The molecule has 0 saturated carbocycles. The zero-order valence-electron chi connectivity index (χ0n) is 7.68. The summed E-state index contributed by atoms with van der Waals surface area (Å²) in [7, 11) is 0. The Morgan fingerprint density at radius 3 is 2.87 bits per heavy atom.